The number of nitrogens with zero attached hydrogens (tertiary/aromatic N) is 1. The van der Waals surface area contributed by atoms with E-state index in [1.165, 1.54) is 23.8 Å². The van der Waals surface area contributed by atoms with Crippen LogP contribution in [0.25, 0.3) is 0 Å². The summed E-state index contributed by atoms with van der Waals surface area (Å²) >= 11 is 5.84. The molecular weight excluding hydrogens is 424 g/mol. The zero-order chi connectivity index (χ0) is 23.3. The number of aromatic hydroxyl groups is 1. The summed E-state index contributed by atoms with van der Waals surface area (Å²) in [5, 5.41) is 13.6. The first-order chi connectivity index (χ1) is 15.3. The van der Waals surface area contributed by atoms with Crippen molar-refractivity contribution in [2.75, 3.05) is 0 Å². The predicted octanol–water partition coefficient (Wildman–Crippen LogP) is 6.13. The number of hydrogen-bond donors (Lipinski definition) is 2. The lowest BCUT2D eigenvalue weighted by Gasteiger charge is -2.13. The number of halogens is 1. The number of benzene rings is 3. The van der Waals surface area contributed by atoms with E-state index >= 15 is 0 Å². The number of ether oxygens (including phenoxy) is 1. The van der Waals surface area contributed by atoms with E-state index in [1.807, 2.05) is 26.0 Å². The average Bonchev–Trinajstić information content (AvgIpc) is 2.78. The number of phenolic OH excluding ortho intramolecular Hbond substituents is 1. The van der Waals surface area contributed by atoms with Gasteiger partial charge >= 0.3 is 0 Å². The Kier molecular flexibility index (Phi) is 7.54. The number of amides is 1. The fourth-order valence-corrected chi connectivity index (χ4v) is 3.33. The Morgan fingerprint density at radius 3 is 2.47 bits per heavy atom. The summed E-state index contributed by atoms with van der Waals surface area (Å²) in [5.74, 6) is 0.830. The molecule has 0 fully saturated rings. The number of carbonyl (C=O) groups excluding carboxylic acids is 1. The second kappa shape index (κ2) is 10.3. The maximum absolute atomic E-state index is 12.2. The van der Waals surface area contributed by atoms with Crippen molar-refractivity contribution >= 4 is 23.7 Å². The number of hydrogen-bond acceptors (Lipinski definition) is 4. The minimum atomic E-state index is -0.416. The molecule has 32 heavy (non-hydrogen) atoms. The van der Waals surface area contributed by atoms with E-state index in [0.717, 1.165) is 28.0 Å². The third-order valence-electron chi connectivity index (χ3n) is 5.40. The molecular formula is C26H27ClN2O3. The number of carbonyl (C=O) groups is 1. The van der Waals surface area contributed by atoms with Gasteiger partial charge in [0.2, 0.25) is 0 Å². The van der Waals surface area contributed by atoms with E-state index < -0.39 is 5.91 Å². The summed E-state index contributed by atoms with van der Waals surface area (Å²) in [6.45, 7) is 8.84. The summed E-state index contributed by atoms with van der Waals surface area (Å²) in [6, 6.07) is 16.5. The van der Waals surface area contributed by atoms with E-state index in [2.05, 4.69) is 48.6 Å². The highest BCUT2D eigenvalue weighted by Gasteiger charge is 2.09. The van der Waals surface area contributed by atoms with Crippen LogP contribution >= 0.6 is 11.6 Å². The van der Waals surface area contributed by atoms with Crippen LogP contribution in [0.5, 0.6) is 11.5 Å². The van der Waals surface area contributed by atoms with Crippen molar-refractivity contribution in [1.82, 2.24) is 5.43 Å². The predicted molar refractivity (Wildman–Crippen MR) is 129 cm³/mol. The van der Waals surface area contributed by atoms with Gasteiger partial charge in [-0.1, -0.05) is 49.7 Å². The Morgan fingerprint density at radius 2 is 1.81 bits per heavy atom. The van der Waals surface area contributed by atoms with Crippen molar-refractivity contribution in [2.24, 2.45) is 5.10 Å². The molecule has 1 amide bonds. The molecule has 3 aromatic rings. The van der Waals surface area contributed by atoms with E-state index in [4.69, 9.17) is 16.3 Å². The van der Waals surface area contributed by atoms with Crippen LogP contribution in [0, 0.1) is 13.8 Å². The molecule has 0 saturated carbocycles. The van der Waals surface area contributed by atoms with E-state index in [1.54, 1.807) is 6.21 Å². The average molecular weight is 451 g/mol. The molecule has 0 aliphatic carbocycles. The van der Waals surface area contributed by atoms with Crippen molar-refractivity contribution < 1.29 is 14.6 Å². The molecule has 0 spiro atoms. The molecule has 2 N–H and O–H groups in total. The molecule has 0 heterocycles. The van der Waals surface area contributed by atoms with Gasteiger partial charge in [-0.2, -0.15) is 5.10 Å². The molecule has 0 aliphatic rings. The Bertz CT molecular complexity index is 1140. The van der Waals surface area contributed by atoms with Crippen molar-refractivity contribution in [1.29, 1.82) is 0 Å². The molecule has 6 heteroatoms. The zero-order valence-electron chi connectivity index (χ0n) is 18.6. The number of rotatable bonds is 7. The fraction of sp³-hybridized carbons (Fsp3) is 0.231. The molecule has 166 valence electrons. The molecule has 0 unspecified atom stereocenters. The zero-order valence-corrected chi connectivity index (χ0v) is 19.4. The van der Waals surface area contributed by atoms with Gasteiger partial charge in [0, 0.05) is 5.56 Å². The van der Waals surface area contributed by atoms with Crippen LogP contribution in [-0.2, 0) is 6.61 Å². The normalized spacial score (nSPS) is 11.2. The summed E-state index contributed by atoms with van der Waals surface area (Å²) in [4.78, 5) is 12.2. The van der Waals surface area contributed by atoms with Gasteiger partial charge in [0.25, 0.3) is 5.91 Å². The third-order valence-corrected chi connectivity index (χ3v) is 5.70. The quantitative estimate of drug-likeness (QED) is 0.336. The summed E-state index contributed by atoms with van der Waals surface area (Å²) in [6.07, 6.45) is 1.59. The van der Waals surface area contributed by atoms with E-state index in [9.17, 15) is 9.90 Å². The summed E-state index contributed by atoms with van der Waals surface area (Å²) in [7, 11) is 0. The smallest absolute Gasteiger partial charge is 0.271 e. The first-order valence-electron chi connectivity index (χ1n) is 10.4. The van der Waals surface area contributed by atoms with Crippen LogP contribution in [0.1, 0.15) is 57.9 Å². The first kappa shape index (κ1) is 23.4. The minimum absolute atomic E-state index is 0.0762. The van der Waals surface area contributed by atoms with Crippen LogP contribution in [0.15, 0.2) is 59.7 Å². The molecule has 0 aliphatic heterocycles. The number of phenols is 1. The lowest BCUT2D eigenvalue weighted by atomic mass is 10.0. The number of nitrogens with one attached hydrogen (secondary N) is 1. The molecule has 3 aromatic carbocycles. The van der Waals surface area contributed by atoms with E-state index in [-0.39, 0.29) is 10.8 Å². The van der Waals surface area contributed by atoms with Gasteiger partial charge in [-0.25, -0.2) is 5.43 Å². The molecule has 0 atom stereocenters. The van der Waals surface area contributed by atoms with Gasteiger partial charge < -0.3 is 9.84 Å². The highest BCUT2D eigenvalue weighted by molar-refractivity contribution is 6.32. The SMILES string of the molecule is Cc1c(C=NNC(=O)c2ccc(O)c(Cl)c2)ccc(OCc2ccc(C(C)C)cc2)c1C. The van der Waals surface area contributed by atoms with Crippen LogP contribution in [0.4, 0.5) is 0 Å². The molecule has 5 nitrogen and oxygen atoms in total. The van der Waals surface area contributed by atoms with Gasteiger partial charge in [-0.05, 0) is 77.9 Å². The Labute approximate surface area is 193 Å². The lowest BCUT2D eigenvalue weighted by Crippen LogP contribution is -2.17. The standard InChI is InChI=1S/C26H27ClN2O3/c1-16(2)20-7-5-19(6-8-20)15-32-25-12-10-22(17(3)18(25)4)14-28-29-26(31)21-9-11-24(30)23(27)13-21/h5-14,16,30H,15H2,1-4H3,(H,29,31). The van der Waals surface area contributed by atoms with Crippen molar-refractivity contribution in [3.8, 4) is 11.5 Å². The second-order valence-corrected chi connectivity index (χ2v) is 8.36. The van der Waals surface area contributed by atoms with Crippen molar-refractivity contribution in [2.45, 2.75) is 40.2 Å². The van der Waals surface area contributed by atoms with Crippen molar-refractivity contribution in [3.05, 3.63) is 93.0 Å². The van der Waals surface area contributed by atoms with Gasteiger partial charge in [0.15, 0.2) is 0 Å². The van der Waals surface area contributed by atoms with Gasteiger partial charge in [0.05, 0.1) is 11.2 Å². The van der Waals surface area contributed by atoms with Crippen LogP contribution in [0.3, 0.4) is 0 Å². The monoisotopic (exact) mass is 450 g/mol. The molecule has 0 saturated heterocycles. The molecule has 0 bridgehead atoms. The summed E-state index contributed by atoms with van der Waals surface area (Å²) < 4.78 is 6.03. The summed E-state index contributed by atoms with van der Waals surface area (Å²) in [5.41, 5.74) is 8.12. The third kappa shape index (κ3) is 5.68. The van der Waals surface area contributed by atoms with Gasteiger partial charge in [-0.15, -0.1) is 0 Å². The van der Waals surface area contributed by atoms with E-state index in [0.29, 0.717) is 18.1 Å². The Morgan fingerprint density at radius 1 is 1.09 bits per heavy atom. The Balaban J connectivity index is 1.63. The number of hydrazone groups is 1. The lowest BCUT2D eigenvalue weighted by molar-refractivity contribution is 0.0955. The van der Waals surface area contributed by atoms with Crippen LogP contribution < -0.4 is 10.2 Å². The van der Waals surface area contributed by atoms with Crippen LogP contribution in [-0.4, -0.2) is 17.2 Å². The highest BCUT2D eigenvalue weighted by atomic mass is 35.5. The molecule has 3 rings (SSSR count). The van der Waals surface area contributed by atoms with Gasteiger partial charge in [-0.3, -0.25) is 4.79 Å². The van der Waals surface area contributed by atoms with Gasteiger partial charge in [0.1, 0.15) is 18.1 Å². The second-order valence-electron chi connectivity index (χ2n) is 7.95. The van der Waals surface area contributed by atoms with Crippen LogP contribution in [0.2, 0.25) is 5.02 Å². The molecule has 0 aromatic heterocycles. The minimum Gasteiger partial charge on any atom is -0.506 e. The Hall–Kier alpha value is -3.31. The fourth-order valence-electron chi connectivity index (χ4n) is 3.15. The maximum Gasteiger partial charge on any atom is 0.271 e. The first-order valence-corrected chi connectivity index (χ1v) is 10.8. The maximum atomic E-state index is 12.2. The van der Waals surface area contributed by atoms with Crippen molar-refractivity contribution in [3.63, 3.8) is 0 Å². The molecule has 0 radical (unpaired) electrons. The highest BCUT2D eigenvalue weighted by Crippen LogP contribution is 2.25. The topological polar surface area (TPSA) is 70.9 Å². The largest absolute Gasteiger partial charge is 0.506 e.